The summed E-state index contributed by atoms with van der Waals surface area (Å²) in [5.74, 6) is 0.109. The summed E-state index contributed by atoms with van der Waals surface area (Å²) in [6.07, 6.45) is 6.10. The van der Waals surface area contributed by atoms with E-state index >= 15 is 0 Å². The van der Waals surface area contributed by atoms with Crippen LogP contribution in [0.2, 0.25) is 5.02 Å². The standard InChI is InChI=1S/C54H56ClN9O8/c1-4-40-43(32-61-51(56)50(40)34-6-10-38(65)11-7-34)37-8-13-45(60-31-37)53(68)58-17-15-49(66)57-18-21-69-23-25-71-26-24-70-22-19-59-52(67)41-28-39(12-5-33(41)2)72-54-62-46-29-42(44(55)30-47(46)63-54)35-9-14-48-36(27-35)16-20-64(48)3/h5-14,16,20,27-32,65H,4,15,17-19,21-26H2,1-3H3,(H2,56,61)(H,57,66)(H,58,68)(H,59,67)(H,62,63). The number of aromatic amines is 1. The van der Waals surface area contributed by atoms with Crippen LogP contribution in [-0.4, -0.2) is 107 Å². The highest BCUT2D eigenvalue weighted by Gasteiger charge is 2.18. The van der Waals surface area contributed by atoms with E-state index in [9.17, 15) is 19.5 Å². The van der Waals surface area contributed by atoms with Crippen molar-refractivity contribution >= 4 is 57.1 Å². The molecule has 18 heteroatoms. The van der Waals surface area contributed by atoms with Crippen molar-refractivity contribution in [2.45, 2.75) is 26.7 Å². The Balaban J connectivity index is 0.661. The van der Waals surface area contributed by atoms with E-state index in [-0.39, 0.29) is 42.2 Å². The van der Waals surface area contributed by atoms with Gasteiger partial charge >= 0.3 is 0 Å². The largest absolute Gasteiger partial charge is 0.508 e. The molecule has 0 radical (unpaired) electrons. The van der Waals surface area contributed by atoms with E-state index in [0.29, 0.717) is 86.8 Å². The zero-order valence-electron chi connectivity index (χ0n) is 40.2. The van der Waals surface area contributed by atoms with Crippen LogP contribution in [0, 0.1) is 6.92 Å². The average molecular weight is 995 g/mol. The Bertz CT molecular complexity index is 3190. The number of aromatic hydroxyl groups is 1. The van der Waals surface area contributed by atoms with Crippen LogP contribution in [0.5, 0.6) is 17.5 Å². The molecule has 0 saturated carbocycles. The number of fused-ring (bicyclic) bond motifs is 2. The van der Waals surface area contributed by atoms with Gasteiger partial charge in [0.1, 0.15) is 23.0 Å². The molecular formula is C54H56ClN9O8. The first-order valence-corrected chi connectivity index (χ1v) is 24.0. The number of nitrogen functional groups attached to an aromatic ring is 1. The Labute approximate surface area is 421 Å². The van der Waals surface area contributed by atoms with Gasteiger partial charge in [-0.25, -0.2) is 4.98 Å². The zero-order chi connectivity index (χ0) is 50.6. The minimum Gasteiger partial charge on any atom is -0.508 e. The first-order chi connectivity index (χ1) is 34.9. The fourth-order valence-electron chi connectivity index (χ4n) is 8.17. The number of halogens is 1. The Kier molecular flexibility index (Phi) is 16.7. The van der Waals surface area contributed by atoms with Crippen LogP contribution in [-0.2, 0) is 32.5 Å². The van der Waals surface area contributed by atoms with Crippen molar-refractivity contribution in [2.24, 2.45) is 7.05 Å². The highest BCUT2D eigenvalue weighted by Crippen LogP contribution is 2.37. The van der Waals surface area contributed by atoms with Crippen molar-refractivity contribution in [3.8, 4) is 50.9 Å². The molecule has 4 heterocycles. The topological polar surface area (TPSA) is 230 Å². The minimum absolute atomic E-state index is 0.0894. The SMILES string of the molecule is CCc1c(-c2ccc(C(=O)NCCC(=O)NCCOCCOCCOCCNC(=O)c3cc(Oc4nc5cc(-c6ccc7c(ccn7C)c6)c(Cl)cc5[nH]4)ccc3C)nc2)cnc(N)c1-c1ccc(O)cc1. The van der Waals surface area contributed by atoms with Crippen molar-refractivity contribution in [3.05, 3.63) is 137 Å². The maximum atomic E-state index is 13.1. The number of amides is 3. The molecule has 8 rings (SSSR count). The Hall–Kier alpha value is -7.83. The number of aryl methyl sites for hydroxylation is 2. The summed E-state index contributed by atoms with van der Waals surface area (Å²) < 4.78 is 24.9. The molecule has 3 amide bonds. The molecule has 7 N–H and O–H groups in total. The third kappa shape index (κ3) is 12.5. The predicted octanol–water partition coefficient (Wildman–Crippen LogP) is 8.17. The number of carbonyl (C=O) groups is 3. The van der Waals surface area contributed by atoms with Gasteiger partial charge in [0, 0.05) is 90.4 Å². The van der Waals surface area contributed by atoms with Crippen LogP contribution < -0.4 is 26.4 Å². The lowest BCUT2D eigenvalue weighted by atomic mass is 9.92. The smallest absolute Gasteiger partial charge is 0.300 e. The molecule has 0 fully saturated rings. The highest BCUT2D eigenvalue weighted by molar-refractivity contribution is 6.34. The quantitative estimate of drug-likeness (QED) is 0.0334. The molecule has 0 unspecified atom stereocenters. The Morgan fingerprint density at radius 2 is 1.46 bits per heavy atom. The highest BCUT2D eigenvalue weighted by atomic mass is 35.5. The number of imidazole rings is 1. The van der Waals surface area contributed by atoms with E-state index in [4.69, 9.17) is 36.3 Å². The van der Waals surface area contributed by atoms with Crippen molar-refractivity contribution in [3.63, 3.8) is 0 Å². The number of phenolic OH excluding ortho intramolecular Hbond substituents is 1. The average Bonchev–Trinajstić information content (AvgIpc) is 3.96. The van der Waals surface area contributed by atoms with E-state index < -0.39 is 5.91 Å². The van der Waals surface area contributed by atoms with Crippen LogP contribution in [0.1, 0.15) is 45.3 Å². The van der Waals surface area contributed by atoms with E-state index in [1.54, 1.807) is 60.9 Å². The van der Waals surface area contributed by atoms with Gasteiger partial charge in [0.2, 0.25) is 5.91 Å². The van der Waals surface area contributed by atoms with Gasteiger partial charge in [-0.3, -0.25) is 19.4 Å². The fraction of sp³-hybridized carbons (Fsp3) is 0.259. The summed E-state index contributed by atoms with van der Waals surface area (Å²) in [4.78, 5) is 54.8. The first kappa shape index (κ1) is 50.6. The van der Waals surface area contributed by atoms with E-state index in [1.807, 2.05) is 51.4 Å². The van der Waals surface area contributed by atoms with Crippen LogP contribution in [0.15, 0.2) is 110 Å². The van der Waals surface area contributed by atoms with Crippen molar-refractivity contribution in [2.75, 3.05) is 65.0 Å². The zero-order valence-corrected chi connectivity index (χ0v) is 41.0. The number of rotatable bonds is 23. The van der Waals surface area contributed by atoms with Crippen molar-refractivity contribution < 1.29 is 38.4 Å². The van der Waals surface area contributed by atoms with Gasteiger partial charge in [0.25, 0.3) is 17.8 Å². The summed E-state index contributed by atoms with van der Waals surface area (Å²) in [7, 11) is 2.01. The normalized spacial score (nSPS) is 11.3. The molecule has 4 aromatic carbocycles. The van der Waals surface area contributed by atoms with Gasteiger partial charge in [-0.1, -0.05) is 48.9 Å². The van der Waals surface area contributed by atoms with Crippen LogP contribution in [0.4, 0.5) is 5.82 Å². The third-order valence-electron chi connectivity index (χ3n) is 11.9. The second-order valence-corrected chi connectivity index (χ2v) is 17.3. The minimum atomic E-state index is -0.398. The lowest BCUT2D eigenvalue weighted by molar-refractivity contribution is -0.121. The molecule has 72 heavy (non-hydrogen) atoms. The van der Waals surface area contributed by atoms with Crippen molar-refractivity contribution in [1.82, 2.24) is 40.5 Å². The molecule has 4 aromatic heterocycles. The summed E-state index contributed by atoms with van der Waals surface area (Å²) in [5.41, 5.74) is 16.4. The summed E-state index contributed by atoms with van der Waals surface area (Å²) >= 11 is 6.73. The number of anilines is 1. The van der Waals surface area contributed by atoms with Crippen molar-refractivity contribution in [1.29, 1.82) is 0 Å². The molecule has 0 saturated heterocycles. The number of hydrogen-bond acceptors (Lipinski definition) is 12. The lowest BCUT2D eigenvalue weighted by Gasteiger charge is -2.16. The third-order valence-corrected chi connectivity index (χ3v) is 12.2. The van der Waals surface area contributed by atoms with E-state index in [0.717, 1.165) is 60.9 Å². The molecule has 0 aliphatic rings. The van der Waals surface area contributed by atoms with Crippen LogP contribution >= 0.6 is 11.6 Å². The second kappa shape index (κ2) is 23.9. The van der Waals surface area contributed by atoms with Gasteiger partial charge in [-0.05, 0) is 96.3 Å². The number of ether oxygens (including phenoxy) is 4. The number of nitrogens with zero attached hydrogens (tertiary/aromatic N) is 4. The number of pyridine rings is 2. The molecule has 0 atom stereocenters. The second-order valence-electron chi connectivity index (χ2n) is 16.9. The predicted molar refractivity (Wildman–Crippen MR) is 277 cm³/mol. The fourth-order valence-corrected chi connectivity index (χ4v) is 8.44. The molecule has 0 aliphatic carbocycles. The maximum Gasteiger partial charge on any atom is 0.300 e. The molecule has 372 valence electrons. The summed E-state index contributed by atoms with van der Waals surface area (Å²) in [6, 6.07) is 27.9. The summed E-state index contributed by atoms with van der Waals surface area (Å²) in [6.45, 7) is 6.58. The molecular weight excluding hydrogens is 938 g/mol. The van der Waals surface area contributed by atoms with Gasteiger partial charge in [0.15, 0.2) is 0 Å². The molecule has 8 aromatic rings. The number of nitrogens with two attached hydrogens (primary N) is 1. The maximum absolute atomic E-state index is 13.1. The van der Waals surface area contributed by atoms with E-state index in [2.05, 4.69) is 58.7 Å². The number of carbonyl (C=O) groups excluding carboxylic acids is 3. The van der Waals surface area contributed by atoms with E-state index in [1.165, 1.54) is 0 Å². The van der Waals surface area contributed by atoms with Gasteiger partial charge in [-0.2, -0.15) is 4.98 Å². The molecule has 0 bridgehead atoms. The molecule has 0 aliphatic heterocycles. The lowest BCUT2D eigenvalue weighted by Crippen LogP contribution is -2.32. The first-order valence-electron chi connectivity index (χ1n) is 23.6. The number of H-pyrrole nitrogens is 1. The van der Waals surface area contributed by atoms with Crippen LogP contribution in [0.3, 0.4) is 0 Å². The number of nitrogens with one attached hydrogen (secondary N) is 4. The van der Waals surface area contributed by atoms with Gasteiger partial charge in [0.05, 0.1) is 55.7 Å². The van der Waals surface area contributed by atoms with Gasteiger partial charge < -0.3 is 55.3 Å². The van der Waals surface area contributed by atoms with Crippen LogP contribution in [0.25, 0.3) is 55.3 Å². The number of hydrogen-bond donors (Lipinski definition) is 6. The number of benzene rings is 4. The Morgan fingerprint density at radius 3 is 2.19 bits per heavy atom. The van der Waals surface area contributed by atoms with Gasteiger partial charge in [-0.15, -0.1) is 0 Å². The molecule has 17 nitrogen and oxygen atoms in total. The molecule has 0 spiro atoms. The number of aromatic nitrogens is 5. The number of phenols is 1. The Morgan fingerprint density at radius 1 is 0.750 bits per heavy atom. The monoisotopic (exact) mass is 993 g/mol. The summed E-state index contributed by atoms with van der Waals surface area (Å²) in [5, 5.41) is 19.8.